The van der Waals surface area contributed by atoms with E-state index >= 15 is 0 Å². The fourth-order valence-electron chi connectivity index (χ4n) is 3.47. The van der Waals surface area contributed by atoms with Crippen LogP contribution in [0, 0.1) is 5.92 Å². The Morgan fingerprint density at radius 1 is 1.09 bits per heavy atom. The Hall–Kier alpha value is -1.36. The molecule has 0 radical (unpaired) electrons. The summed E-state index contributed by atoms with van der Waals surface area (Å²) >= 11 is 1.49. The number of nitrogens with one attached hydrogen (secondary N) is 1. The van der Waals surface area contributed by atoms with E-state index in [0.29, 0.717) is 0 Å². The van der Waals surface area contributed by atoms with Crippen molar-refractivity contribution in [3.8, 4) is 0 Å². The van der Waals surface area contributed by atoms with Gasteiger partial charge in [0.2, 0.25) is 5.91 Å². The van der Waals surface area contributed by atoms with E-state index < -0.39 is 0 Å². The quantitative estimate of drug-likeness (QED) is 0.930. The van der Waals surface area contributed by atoms with Crippen molar-refractivity contribution in [2.45, 2.75) is 51.0 Å². The molecule has 22 heavy (non-hydrogen) atoms. The minimum absolute atomic E-state index is 0.132. The zero-order chi connectivity index (χ0) is 15.4. The van der Waals surface area contributed by atoms with Gasteiger partial charge in [0.25, 0.3) is 5.91 Å². The minimum Gasteiger partial charge on any atom is -0.353 e. The van der Waals surface area contributed by atoms with E-state index in [1.54, 1.807) is 0 Å². The van der Waals surface area contributed by atoms with Gasteiger partial charge in [0.05, 0.1) is 4.88 Å². The average Bonchev–Trinajstić information content (AvgIpc) is 3.10. The largest absolute Gasteiger partial charge is 0.353 e. The SMILES string of the molecule is O=C(NC1CCN(C(=O)c2cccs2)CC1)C1CCCCC1. The predicted molar refractivity (Wildman–Crippen MR) is 88.0 cm³/mol. The number of amides is 2. The maximum Gasteiger partial charge on any atom is 0.263 e. The third kappa shape index (κ3) is 3.69. The van der Waals surface area contributed by atoms with Crippen LogP contribution in [0.15, 0.2) is 17.5 Å². The van der Waals surface area contributed by atoms with Crippen LogP contribution >= 0.6 is 11.3 Å². The normalized spacial score (nSPS) is 20.8. The first-order chi connectivity index (χ1) is 10.7. The van der Waals surface area contributed by atoms with E-state index in [1.165, 1.54) is 30.6 Å². The molecule has 2 amide bonds. The van der Waals surface area contributed by atoms with Crippen molar-refractivity contribution in [2.24, 2.45) is 5.92 Å². The molecule has 3 rings (SSSR count). The first kappa shape index (κ1) is 15.5. The lowest BCUT2D eigenvalue weighted by molar-refractivity contribution is -0.126. The molecular formula is C17H24N2O2S. The van der Waals surface area contributed by atoms with Gasteiger partial charge < -0.3 is 10.2 Å². The average molecular weight is 320 g/mol. The van der Waals surface area contributed by atoms with Gasteiger partial charge in [-0.3, -0.25) is 9.59 Å². The van der Waals surface area contributed by atoms with Crippen molar-refractivity contribution in [1.82, 2.24) is 10.2 Å². The van der Waals surface area contributed by atoms with Crippen LogP contribution in [0.4, 0.5) is 0 Å². The van der Waals surface area contributed by atoms with Gasteiger partial charge in [-0.2, -0.15) is 0 Å². The van der Waals surface area contributed by atoms with E-state index in [-0.39, 0.29) is 23.8 Å². The molecule has 1 saturated heterocycles. The lowest BCUT2D eigenvalue weighted by Crippen LogP contribution is -2.47. The molecule has 0 atom stereocenters. The number of piperidine rings is 1. The summed E-state index contributed by atoms with van der Waals surface area (Å²) in [4.78, 5) is 27.3. The molecule has 1 saturated carbocycles. The number of rotatable bonds is 3. The van der Waals surface area contributed by atoms with Crippen molar-refractivity contribution >= 4 is 23.2 Å². The molecule has 1 aliphatic heterocycles. The molecule has 1 aromatic heterocycles. The van der Waals surface area contributed by atoms with Gasteiger partial charge in [-0.15, -0.1) is 11.3 Å². The van der Waals surface area contributed by atoms with Crippen LogP contribution in [0.3, 0.4) is 0 Å². The van der Waals surface area contributed by atoms with Crippen LogP contribution in [0.1, 0.15) is 54.6 Å². The molecule has 0 aromatic carbocycles. The number of hydrogen-bond donors (Lipinski definition) is 1. The Kier molecular flexibility index (Phi) is 5.13. The predicted octanol–water partition coefficient (Wildman–Crippen LogP) is 3.05. The van der Waals surface area contributed by atoms with Gasteiger partial charge in [-0.1, -0.05) is 25.3 Å². The summed E-state index contributed by atoms with van der Waals surface area (Å²) in [5.74, 6) is 0.592. The van der Waals surface area contributed by atoms with E-state index in [2.05, 4.69) is 5.32 Å². The van der Waals surface area contributed by atoms with Gasteiger partial charge in [-0.05, 0) is 37.1 Å². The number of likely N-dealkylation sites (tertiary alicyclic amines) is 1. The number of carbonyl (C=O) groups is 2. The summed E-state index contributed by atoms with van der Waals surface area (Å²) in [5, 5.41) is 5.14. The van der Waals surface area contributed by atoms with Crippen LogP contribution in [0.25, 0.3) is 0 Å². The standard InChI is InChI=1S/C17H24N2O2S/c20-16(13-5-2-1-3-6-13)18-14-8-10-19(11-9-14)17(21)15-7-4-12-22-15/h4,7,12-14H,1-3,5-6,8-11H2,(H,18,20). The molecule has 5 heteroatoms. The number of thiophene rings is 1. The van der Waals surface area contributed by atoms with Crippen molar-refractivity contribution in [3.05, 3.63) is 22.4 Å². The lowest BCUT2D eigenvalue weighted by Gasteiger charge is -2.33. The van der Waals surface area contributed by atoms with Crippen LogP contribution in [-0.2, 0) is 4.79 Å². The Balaban J connectivity index is 1.45. The van der Waals surface area contributed by atoms with E-state index in [1.807, 2.05) is 22.4 Å². The fraction of sp³-hybridized carbons (Fsp3) is 0.647. The molecule has 0 spiro atoms. The number of nitrogens with zero attached hydrogens (tertiary/aromatic N) is 1. The topological polar surface area (TPSA) is 49.4 Å². The highest BCUT2D eigenvalue weighted by molar-refractivity contribution is 7.12. The number of hydrogen-bond acceptors (Lipinski definition) is 3. The third-order valence-electron chi connectivity index (χ3n) is 4.84. The van der Waals surface area contributed by atoms with Crippen LogP contribution in [0.2, 0.25) is 0 Å². The maximum atomic E-state index is 12.3. The smallest absolute Gasteiger partial charge is 0.263 e. The first-order valence-corrected chi connectivity index (χ1v) is 9.25. The summed E-state index contributed by atoms with van der Waals surface area (Å²) < 4.78 is 0. The molecule has 1 aromatic rings. The second-order valence-electron chi connectivity index (χ2n) is 6.39. The Bertz CT molecular complexity index is 501. The highest BCUT2D eigenvalue weighted by Gasteiger charge is 2.27. The van der Waals surface area contributed by atoms with Gasteiger partial charge in [0, 0.05) is 25.0 Å². The first-order valence-electron chi connectivity index (χ1n) is 8.37. The van der Waals surface area contributed by atoms with Gasteiger partial charge in [-0.25, -0.2) is 0 Å². The second kappa shape index (κ2) is 7.27. The summed E-state index contributed by atoms with van der Waals surface area (Å²) in [6, 6.07) is 4.03. The van der Waals surface area contributed by atoms with Crippen molar-refractivity contribution in [1.29, 1.82) is 0 Å². The third-order valence-corrected chi connectivity index (χ3v) is 5.69. The Morgan fingerprint density at radius 3 is 2.45 bits per heavy atom. The van der Waals surface area contributed by atoms with Crippen LogP contribution < -0.4 is 5.32 Å². The van der Waals surface area contributed by atoms with E-state index in [0.717, 1.165) is 43.6 Å². The maximum absolute atomic E-state index is 12.3. The molecule has 0 bridgehead atoms. The summed E-state index contributed by atoms with van der Waals surface area (Å²) in [6.07, 6.45) is 7.47. The molecule has 120 valence electrons. The second-order valence-corrected chi connectivity index (χ2v) is 7.33. The van der Waals surface area contributed by atoms with Crippen molar-refractivity contribution in [3.63, 3.8) is 0 Å². The number of carbonyl (C=O) groups excluding carboxylic acids is 2. The monoisotopic (exact) mass is 320 g/mol. The zero-order valence-electron chi connectivity index (χ0n) is 12.9. The Labute approximate surface area is 135 Å². The minimum atomic E-state index is 0.132. The molecule has 1 N–H and O–H groups in total. The van der Waals surface area contributed by atoms with Crippen molar-refractivity contribution in [2.75, 3.05) is 13.1 Å². The van der Waals surface area contributed by atoms with Gasteiger partial charge in [0.15, 0.2) is 0 Å². The van der Waals surface area contributed by atoms with Crippen LogP contribution in [-0.4, -0.2) is 35.8 Å². The summed E-state index contributed by atoms with van der Waals surface area (Å²) in [6.45, 7) is 1.48. The van der Waals surface area contributed by atoms with Crippen LogP contribution in [0.5, 0.6) is 0 Å². The highest BCUT2D eigenvalue weighted by atomic mass is 32.1. The highest BCUT2D eigenvalue weighted by Crippen LogP contribution is 2.24. The molecule has 0 unspecified atom stereocenters. The molecule has 2 fully saturated rings. The molecular weight excluding hydrogens is 296 g/mol. The fourth-order valence-corrected chi connectivity index (χ4v) is 4.16. The summed E-state index contributed by atoms with van der Waals surface area (Å²) in [7, 11) is 0. The summed E-state index contributed by atoms with van der Waals surface area (Å²) in [5.41, 5.74) is 0. The van der Waals surface area contributed by atoms with Gasteiger partial charge >= 0.3 is 0 Å². The zero-order valence-corrected chi connectivity index (χ0v) is 13.7. The molecule has 2 heterocycles. The molecule has 1 aliphatic carbocycles. The molecule has 4 nitrogen and oxygen atoms in total. The van der Waals surface area contributed by atoms with Gasteiger partial charge in [0.1, 0.15) is 0 Å². The lowest BCUT2D eigenvalue weighted by atomic mass is 9.88. The van der Waals surface area contributed by atoms with E-state index in [4.69, 9.17) is 0 Å². The molecule has 2 aliphatic rings. The van der Waals surface area contributed by atoms with E-state index in [9.17, 15) is 9.59 Å². The Morgan fingerprint density at radius 2 is 1.82 bits per heavy atom. The van der Waals surface area contributed by atoms with Crippen molar-refractivity contribution < 1.29 is 9.59 Å².